The summed E-state index contributed by atoms with van der Waals surface area (Å²) in [7, 11) is 0. The highest BCUT2D eigenvalue weighted by Crippen LogP contribution is 2.62. The summed E-state index contributed by atoms with van der Waals surface area (Å²) in [6, 6.07) is 10.6. The zero-order valence-corrected chi connectivity index (χ0v) is 19.2. The van der Waals surface area contributed by atoms with Gasteiger partial charge in [0, 0.05) is 32.5 Å². The normalized spacial score (nSPS) is 27.4. The SMILES string of the molecule is CC1(C)[C@H]2CCC(CCc3nc(Cc4ccccc4)nc(N4CCCNCC4)n3)[C@@H]1C2. The second-order valence-electron chi connectivity index (χ2n) is 10.5. The molecule has 0 amide bonds. The summed E-state index contributed by atoms with van der Waals surface area (Å²) >= 11 is 0. The van der Waals surface area contributed by atoms with E-state index in [0.29, 0.717) is 5.41 Å². The van der Waals surface area contributed by atoms with E-state index in [1.54, 1.807) is 0 Å². The van der Waals surface area contributed by atoms with Crippen LogP contribution in [0.15, 0.2) is 30.3 Å². The number of anilines is 1. The number of hydrogen-bond donors (Lipinski definition) is 1. The van der Waals surface area contributed by atoms with Crippen molar-refractivity contribution < 1.29 is 0 Å². The van der Waals surface area contributed by atoms with Crippen molar-refractivity contribution in [1.82, 2.24) is 20.3 Å². The first kappa shape index (κ1) is 20.9. The van der Waals surface area contributed by atoms with Crippen molar-refractivity contribution in [3.63, 3.8) is 0 Å². The van der Waals surface area contributed by atoms with E-state index in [1.807, 2.05) is 0 Å². The minimum absolute atomic E-state index is 0.546. The number of aromatic nitrogens is 3. The molecule has 0 radical (unpaired) electrons. The summed E-state index contributed by atoms with van der Waals surface area (Å²) in [5.41, 5.74) is 1.81. The lowest BCUT2D eigenvalue weighted by molar-refractivity contribution is -0.106. The third-order valence-corrected chi connectivity index (χ3v) is 8.28. The molecule has 1 aliphatic heterocycles. The van der Waals surface area contributed by atoms with Gasteiger partial charge in [-0.15, -0.1) is 0 Å². The summed E-state index contributed by atoms with van der Waals surface area (Å²) in [6.07, 6.45) is 8.36. The van der Waals surface area contributed by atoms with Crippen LogP contribution in [0.4, 0.5) is 5.95 Å². The van der Waals surface area contributed by atoms with Gasteiger partial charge in [0.25, 0.3) is 0 Å². The Balaban J connectivity index is 1.35. The molecule has 4 aliphatic rings. The van der Waals surface area contributed by atoms with Crippen molar-refractivity contribution in [3.05, 3.63) is 47.5 Å². The van der Waals surface area contributed by atoms with Crippen LogP contribution in [0, 0.1) is 23.2 Å². The molecule has 166 valence electrons. The van der Waals surface area contributed by atoms with Crippen molar-refractivity contribution in [2.45, 2.75) is 58.8 Å². The molecule has 2 bridgehead atoms. The molecular formula is C26H37N5. The largest absolute Gasteiger partial charge is 0.339 e. The summed E-state index contributed by atoms with van der Waals surface area (Å²) in [5.74, 6) is 5.48. The fourth-order valence-electron chi connectivity index (χ4n) is 6.23. The van der Waals surface area contributed by atoms with Gasteiger partial charge in [-0.3, -0.25) is 0 Å². The van der Waals surface area contributed by atoms with E-state index in [-0.39, 0.29) is 0 Å². The molecule has 2 heterocycles. The van der Waals surface area contributed by atoms with Crippen LogP contribution in [0.2, 0.25) is 0 Å². The Morgan fingerprint density at radius 3 is 2.65 bits per heavy atom. The number of fused-ring (bicyclic) bond motifs is 2. The molecule has 3 saturated carbocycles. The molecule has 5 heteroatoms. The lowest BCUT2D eigenvalue weighted by Crippen LogP contribution is -2.52. The number of benzene rings is 1. The topological polar surface area (TPSA) is 53.9 Å². The molecule has 1 saturated heterocycles. The van der Waals surface area contributed by atoms with Crippen molar-refractivity contribution >= 4 is 5.95 Å². The summed E-state index contributed by atoms with van der Waals surface area (Å²) in [4.78, 5) is 17.2. The van der Waals surface area contributed by atoms with Gasteiger partial charge in [-0.25, -0.2) is 4.98 Å². The molecule has 1 N–H and O–H groups in total. The van der Waals surface area contributed by atoms with E-state index in [2.05, 4.69) is 54.4 Å². The van der Waals surface area contributed by atoms with Crippen LogP contribution in [-0.4, -0.2) is 41.1 Å². The Bertz CT molecular complexity index is 871. The molecule has 3 atom stereocenters. The maximum atomic E-state index is 4.97. The van der Waals surface area contributed by atoms with Crippen LogP contribution < -0.4 is 10.2 Å². The molecule has 1 unspecified atom stereocenters. The van der Waals surface area contributed by atoms with Crippen LogP contribution in [0.3, 0.4) is 0 Å². The third-order valence-electron chi connectivity index (χ3n) is 8.28. The van der Waals surface area contributed by atoms with Gasteiger partial charge < -0.3 is 10.2 Å². The second-order valence-corrected chi connectivity index (χ2v) is 10.5. The number of hydrogen-bond acceptors (Lipinski definition) is 5. The molecule has 3 aliphatic carbocycles. The first-order valence-corrected chi connectivity index (χ1v) is 12.3. The Hall–Kier alpha value is -2.01. The summed E-state index contributed by atoms with van der Waals surface area (Å²) < 4.78 is 0. The highest BCUT2D eigenvalue weighted by molar-refractivity contribution is 5.31. The van der Waals surface area contributed by atoms with Crippen LogP contribution in [0.1, 0.15) is 63.2 Å². The van der Waals surface area contributed by atoms with Gasteiger partial charge in [-0.05, 0) is 67.4 Å². The molecule has 4 fully saturated rings. The Kier molecular flexibility index (Phi) is 5.96. The predicted molar refractivity (Wildman–Crippen MR) is 125 cm³/mol. The standard InChI is InChI=1S/C26H37N5/c1-26(2)21-11-9-20(22(26)18-21)10-12-23-28-24(17-19-7-4-3-5-8-19)30-25(29-23)31-15-6-13-27-14-16-31/h3-5,7-8,20-22,27H,6,9-18H2,1-2H3/t20?,21-,22-/m0/s1. The van der Waals surface area contributed by atoms with Crippen LogP contribution in [0.25, 0.3) is 0 Å². The van der Waals surface area contributed by atoms with Crippen LogP contribution in [-0.2, 0) is 12.8 Å². The molecule has 31 heavy (non-hydrogen) atoms. The van der Waals surface area contributed by atoms with Gasteiger partial charge in [-0.2, -0.15) is 9.97 Å². The molecule has 6 rings (SSSR count). The minimum Gasteiger partial charge on any atom is -0.339 e. The van der Waals surface area contributed by atoms with Gasteiger partial charge in [0.15, 0.2) is 0 Å². The molecular weight excluding hydrogens is 382 g/mol. The highest BCUT2D eigenvalue weighted by Gasteiger charge is 2.53. The van der Waals surface area contributed by atoms with Crippen molar-refractivity contribution in [1.29, 1.82) is 0 Å². The number of nitrogens with one attached hydrogen (secondary N) is 1. The number of rotatable bonds is 6. The highest BCUT2D eigenvalue weighted by atomic mass is 15.3. The fourth-order valence-corrected chi connectivity index (χ4v) is 6.23. The van der Waals surface area contributed by atoms with Gasteiger partial charge in [0.2, 0.25) is 5.95 Å². The Labute approximate surface area is 187 Å². The first-order chi connectivity index (χ1) is 15.1. The quantitative estimate of drug-likeness (QED) is 0.758. The predicted octanol–water partition coefficient (Wildman–Crippen LogP) is 4.27. The minimum atomic E-state index is 0.546. The van der Waals surface area contributed by atoms with E-state index >= 15 is 0 Å². The molecule has 0 spiro atoms. The maximum Gasteiger partial charge on any atom is 0.228 e. The van der Waals surface area contributed by atoms with E-state index in [0.717, 1.165) is 80.8 Å². The van der Waals surface area contributed by atoms with Gasteiger partial charge in [0.1, 0.15) is 11.6 Å². The van der Waals surface area contributed by atoms with Gasteiger partial charge in [-0.1, -0.05) is 44.2 Å². The third kappa shape index (κ3) is 4.48. The van der Waals surface area contributed by atoms with Crippen LogP contribution in [0.5, 0.6) is 0 Å². The number of aryl methyl sites for hydroxylation is 1. The van der Waals surface area contributed by atoms with Crippen molar-refractivity contribution in [2.75, 3.05) is 31.1 Å². The van der Waals surface area contributed by atoms with E-state index in [4.69, 9.17) is 15.0 Å². The summed E-state index contributed by atoms with van der Waals surface area (Å²) in [6.45, 7) is 9.03. The first-order valence-electron chi connectivity index (χ1n) is 12.3. The van der Waals surface area contributed by atoms with Crippen LogP contribution >= 0.6 is 0 Å². The summed E-state index contributed by atoms with van der Waals surface area (Å²) in [5, 5.41) is 3.49. The van der Waals surface area contributed by atoms with Crippen molar-refractivity contribution in [3.8, 4) is 0 Å². The lowest BCUT2D eigenvalue weighted by Gasteiger charge is -2.60. The molecule has 5 nitrogen and oxygen atoms in total. The zero-order chi connectivity index (χ0) is 21.3. The van der Waals surface area contributed by atoms with Crippen molar-refractivity contribution in [2.24, 2.45) is 23.2 Å². The Morgan fingerprint density at radius 1 is 1.00 bits per heavy atom. The van der Waals surface area contributed by atoms with E-state index in [9.17, 15) is 0 Å². The average Bonchev–Trinajstić information content (AvgIpc) is 3.08. The van der Waals surface area contributed by atoms with E-state index in [1.165, 1.54) is 31.2 Å². The zero-order valence-electron chi connectivity index (χ0n) is 19.2. The number of nitrogens with zero attached hydrogens (tertiary/aromatic N) is 4. The second kappa shape index (κ2) is 8.85. The van der Waals surface area contributed by atoms with E-state index < -0.39 is 0 Å². The smallest absolute Gasteiger partial charge is 0.228 e. The lowest BCUT2D eigenvalue weighted by atomic mass is 9.45. The molecule has 1 aromatic carbocycles. The maximum absolute atomic E-state index is 4.97. The van der Waals surface area contributed by atoms with Gasteiger partial charge in [0.05, 0.1) is 0 Å². The monoisotopic (exact) mass is 419 g/mol. The van der Waals surface area contributed by atoms with Gasteiger partial charge >= 0.3 is 0 Å². The Morgan fingerprint density at radius 2 is 1.84 bits per heavy atom. The molecule has 2 aromatic rings. The fraction of sp³-hybridized carbons (Fsp3) is 0.654. The average molecular weight is 420 g/mol. The molecule has 1 aromatic heterocycles.